The van der Waals surface area contributed by atoms with E-state index in [-0.39, 0.29) is 11.3 Å². The quantitative estimate of drug-likeness (QED) is 0.725. The average Bonchev–Trinajstić information content (AvgIpc) is 2.03. The van der Waals surface area contributed by atoms with Gasteiger partial charge in [0.15, 0.2) is 5.78 Å². The molecule has 13 heavy (non-hydrogen) atoms. The van der Waals surface area contributed by atoms with Crippen LogP contribution in [-0.4, -0.2) is 11.3 Å². The van der Waals surface area contributed by atoms with Gasteiger partial charge in [0.2, 0.25) is 0 Å². The first kappa shape index (κ1) is 10.5. The van der Waals surface area contributed by atoms with Crippen molar-refractivity contribution in [3.05, 3.63) is 11.6 Å². The first-order chi connectivity index (χ1) is 5.99. The third-order valence-corrected chi connectivity index (χ3v) is 2.27. The van der Waals surface area contributed by atoms with E-state index >= 15 is 0 Å². The number of carbonyl (C=O) groups excluding carboxylic acids is 1. The van der Waals surface area contributed by atoms with Gasteiger partial charge in [-0.15, -0.1) is 0 Å². The SMILES string of the molecule is CC(C)(N)CC(=O)C1=CCCCC1. The molecule has 0 spiro atoms. The molecule has 1 aliphatic carbocycles. The average molecular weight is 181 g/mol. The molecular weight excluding hydrogens is 162 g/mol. The number of ketones is 1. The molecule has 0 radical (unpaired) electrons. The maximum Gasteiger partial charge on any atom is 0.160 e. The van der Waals surface area contributed by atoms with E-state index in [4.69, 9.17) is 5.73 Å². The molecule has 0 unspecified atom stereocenters. The van der Waals surface area contributed by atoms with Crippen molar-refractivity contribution >= 4 is 5.78 Å². The van der Waals surface area contributed by atoms with Gasteiger partial charge in [0.05, 0.1) is 0 Å². The Morgan fingerprint density at radius 1 is 1.54 bits per heavy atom. The summed E-state index contributed by atoms with van der Waals surface area (Å²) < 4.78 is 0. The second-order valence-corrected chi connectivity index (χ2v) is 4.56. The fourth-order valence-corrected chi connectivity index (χ4v) is 1.62. The molecule has 0 saturated heterocycles. The van der Waals surface area contributed by atoms with Crippen molar-refractivity contribution < 1.29 is 4.79 Å². The van der Waals surface area contributed by atoms with Crippen molar-refractivity contribution in [3.8, 4) is 0 Å². The number of Topliss-reactive ketones (excluding diaryl/α,β-unsaturated/α-hetero) is 1. The van der Waals surface area contributed by atoms with Gasteiger partial charge in [0, 0.05) is 12.0 Å². The first-order valence-corrected chi connectivity index (χ1v) is 5.00. The molecule has 0 heterocycles. The van der Waals surface area contributed by atoms with Gasteiger partial charge in [-0.25, -0.2) is 0 Å². The maximum atomic E-state index is 11.7. The first-order valence-electron chi connectivity index (χ1n) is 5.00. The lowest BCUT2D eigenvalue weighted by molar-refractivity contribution is -0.116. The highest BCUT2D eigenvalue weighted by Gasteiger charge is 2.19. The fraction of sp³-hybridized carbons (Fsp3) is 0.727. The van der Waals surface area contributed by atoms with E-state index in [0.29, 0.717) is 6.42 Å². The van der Waals surface area contributed by atoms with E-state index in [1.165, 1.54) is 6.42 Å². The van der Waals surface area contributed by atoms with Gasteiger partial charge in [0.1, 0.15) is 0 Å². The summed E-state index contributed by atoms with van der Waals surface area (Å²) in [6, 6.07) is 0. The second-order valence-electron chi connectivity index (χ2n) is 4.56. The maximum absolute atomic E-state index is 11.7. The van der Waals surface area contributed by atoms with Gasteiger partial charge < -0.3 is 5.73 Å². The molecule has 0 amide bonds. The number of allylic oxidation sites excluding steroid dienone is 2. The number of nitrogens with two attached hydrogens (primary N) is 1. The van der Waals surface area contributed by atoms with Crippen molar-refractivity contribution in [2.75, 3.05) is 0 Å². The van der Waals surface area contributed by atoms with Gasteiger partial charge in [0.25, 0.3) is 0 Å². The van der Waals surface area contributed by atoms with E-state index in [1.807, 2.05) is 13.8 Å². The van der Waals surface area contributed by atoms with Crippen LogP contribution in [-0.2, 0) is 4.79 Å². The lowest BCUT2D eigenvalue weighted by atomic mass is 9.90. The molecule has 74 valence electrons. The van der Waals surface area contributed by atoms with Crippen LogP contribution >= 0.6 is 0 Å². The minimum atomic E-state index is -0.366. The van der Waals surface area contributed by atoms with Gasteiger partial charge >= 0.3 is 0 Å². The van der Waals surface area contributed by atoms with Crippen molar-refractivity contribution in [2.45, 2.75) is 51.5 Å². The molecular formula is C11H19NO. The Kier molecular flexibility index (Phi) is 3.26. The molecule has 0 aromatic heterocycles. The van der Waals surface area contributed by atoms with Crippen LogP contribution in [0.25, 0.3) is 0 Å². The van der Waals surface area contributed by atoms with Crippen LogP contribution in [0.5, 0.6) is 0 Å². The summed E-state index contributed by atoms with van der Waals surface area (Å²) in [5.41, 5.74) is 6.43. The predicted octanol–water partition coefficient (Wildman–Crippen LogP) is 2.18. The Morgan fingerprint density at radius 2 is 2.23 bits per heavy atom. The molecule has 0 fully saturated rings. The number of carbonyl (C=O) groups is 1. The van der Waals surface area contributed by atoms with Crippen LogP contribution in [0, 0.1) is 0 Å². The molecule has 0 atom stereocenters. The molecule has 0 aliphatic heterocycles. The smallest absolute Gasteiger partial charge is 0.160 e. The van der Waals surface area contributed by atoms with Crippen molar-refractivity contribution in [1.82, 2.24) is 0 Å². The molecule has 2 heteroatoms. The lowest BCUT2D eigenvalue weighted by Gasteiger charge is -2.19. The Balaban J connectivity index is 2.52. The molecule has 2 nitrogen and oxygen atoms in total. The topological polar surface area (TPSA) is 43.1 Å². The van der Waals surface area contributed by atoms with Crippen molar-refractivity contribution in [2.24, 2.45) is 5.73 Å². The summed E-state index contributed by atoms with van der Waals surface area (Å²) in [6.45, 7) is 3.79. The minimum absolute atomic E-state index is 0.243. The van der Waals surface area contributed by atoms with E-state index < -0.39 is 0 Å². The van der Waals surface area contributed by atoms with E-state index in [9.17, 15) is 4.79 Å². The molecule has 0 saturated carbocycles. The third-order valence-electron chi connectivity index (χ3n) is 2.27. The normalized spacial score (nSPS) is 18.2. The molecule has 1 rings (SSSR count). The van der Waals surface area contributed by atoms with Crippen LogP contribution < -0.4 is 5.73 Å². The van der Waals surface area contributed by atoms with Crippen LogP contribution in [0.1, 0.15) is 46.0 Å². The van der Waals surface area contributed by atoms with Gasteiger partial charge in [-0.3, -0.25) is 4.79 Å². The Hall–Kier alpha value is -0.630. The monoisotopic (exact) mass is 181 g/mol. The Labute approximate surface area is 80.2 Å². The summed E-state index contributed by atoms with van der Waals surface area (Å²) in [5.74, 6) is 0.243. The summed E-state index contributed by atoms with van der Waals surface area (Å²) in [4.78, 5) is 11.7. The number of hydrogen-bond donors (Lipinski definition) is 1. The molecule has 2 N–H and O–H groups in total. The Bertz CT molecular complexity index is 223. The van der Waals surface area contributed by atoms with E-state index in [0.717, 1.165) is 24.8 Å². The largest absolute Gasteiger partial charge is 0.325 e. The molecule has 1 aliphatic rings. The Morgan fingerprint density at radius 3 is 2.69 bits per heavy atom. The zero-order valence-electron chi connectivity index (χ0n) is 8.60. The highest BCUT2D eigenvalue weighted by Crippen LogP contribution is 2.20. The second kappa shape index (κ2) is 4.05. The van der Waals surface area contributed by atoms with Crippen LogP contribution in [0.4, 0.5) is 0 Å². The third kappa shape index (κ3) is 3.73. The van der Waals surface area contributed by atoms with Gasteiger partial charge in [-0.1, -0.05) is 6.08 Å². The van der Waals surface area contributed by atoms with E-state index in [2.05, 4.69) is 6.08 Å². The van der Waals surface area contributed by atoms with Crippen molar-refractivity contribution in [3.63, 3.8) is 0 Å². The summed E-state index contributed by atoms with van der Waals surface area (Å²) in [7, 11) is 0. The van der Waals surface area contributed by atoms with Crippen LogP contribution in [0.15, 0.2) is 11.6 Å². The van der Waals surface area contributed by atoms with Gasteiger partial charge in [-0.2, -0.15) is 0 Å². The minimum Gasteiger partial charge on any atom is -0.325 e. The highest BCUT2D eigenvalue weighted by atomic mass is 16.1. The lowest BCUT2D eigenvalue weighted by Crippen LogP contribution is -2.35. The molecule has 0 bridgehead atoms. The summed E-state index contributed by atoms with van der Waals surface area (Å²) in [6.07, 6.45) is 6.95. The summed E-state index contributed by atoms with van der Waals surface area (Å²) >= 11 is 0. The van der Waals surface area contributed by atoms with Gasteiger partial charge in [-0.05, 0) is 45.1 Å². The number of hydrogen-bond acceptors (Lipinski definition) is 2. The zero-order valence-corrected chi connectivity index (χ0v) is 8.60. The standard InChI is InChI=1S/C11H19NO/c1-11(2,12)8-10(13)9-6-4-3-5-7-9/h6H,3-5,7-8,12H2,1-2H3. The fourth-order valence-electron chi connectivity index (χ4n) is 1.62. The van der Waals surface area contributed by atoms with Crippen LogP contribution in [0.2, 0.25) is 0 Å². The van der Waals surface area contributed by atoms with E-state index in [1.54, 1.807) is 0 Å². The number of rotatable bonds is 3. The van der Waals surface area contributed by atoms with Crippen LogP contribution in [0.3, 0.4) is 0 Å². The predicted molar refractivity (Wildman–Crippen MR) is 54.4 cm³/mol. The zero-order chi connectivity index (χ0) is 9.90. The van der Waals surface area contributed by atoms with Crippen molar-refractivity contribution in [1.29, 1.82) is 0 Å². The summed E-state index contributed by atoms with van der Waals surface area (Å²) in [5, 5.41) is 0. The molecule has 0 aromatic carbocycles. The highest BCUT2D eigenvalue weighted by molar-refractivity contribution is 5.96. The molecule has 0 aromatic rings.